The molecule has 1 heterocycles. The molecule has 1 aromatic carbocycles. The molecule has 2 rings (SSSR count). The molecule has 1 unspecified atom stereocenters. The summed E-state index contributed by atoms with van der Waals surface area (Å²) in [5.74, 6) is -0.720. The first-order chi connectivity index (χ1) is 12.9. The van der Waals surface area contributed by atoms with E-state index in [2.05, 4.69) is 15.0 Å². The second-order valence-corrected chi connectivity index (χ2v) is 8.42. The zero-order chi connectivity index (χ0) is 19.7. The highest BCUT2D eigenvalue weighted by Crippen LogP contribution is 2.15. The number of aromatic nitrogens is 1. The van der Waals surface area contributed by atoms with Crippen LogP contribution in [0.5, 0.6) is 0 Å². The molecule has 0 aliphatic carbocycles. The molecule has 6 nitrogen and oxygen atoms in total. The first-order valence-corrected chi connectivity index (χ1v) is 11.2. The molecule has 9 heteroatoms. The van der Waals surface area contributed by atoms with Gasteiger partial charge in [0.05, 0.1) is 0 Å². The Kier molecular flexibility index (Phi) is 8.21. The Balaban J connectivity index is 2.03. The van der Waals surface area contributed by atoms with Crippen LogP contribution in [0, 0.1) is 5.82 Å². The Morgan fingerprint density at radius 3 is 2.63 bits per heavy atom. The van der Waals surface area contributed by atoms with Crippen LogP contribution >= 0.6 is 11.8 Å². The lowest BCUT2D eigenvalue weighted by atomic mass is 10.2. The molecule has 1 amide bonds. The summed E-state index contributed by atoms with van der Waals surface area (Å²) in [6.45, 7) is 0.326. The molecule has 0 bridgehead atoms. The third kappa shape index (κ3) is 6.60. The Morgan fingerprint density at radius 1 is 1.22 bits per heavy atom. The first kappa shape index (κ1) is 21.3. The maximum Gasteiger partial charge on any atom is 0.244 e. The molecule has 0 saturated carbocycles. The zero-order valence-electron chi connectivity index (χ0n) is 14.9. The number of halogens is 1. The van der Waals surface area contributed by atoms with Gasteiger partial charge in [0.25, 0.3) is 0 Å². The van der Waals surface area contributed by atoms with Gasteiger partial charge in [-0.2, -0.15) is 16.5 Å². The molecule has 1 aromatic heterocycles. The number of amides is 1. The molecule has 2 aromatic rings. The average molecular weight is 412 g/mol. The standard InChI is InChI=1S/C18H22FN3O3S2/c1-26-13-10-16(18(23)21-12-9-14-6-4-5-11-20-14)22-27(24,25)17-8-3-2-7-15(17)19/h2-8,11,16,22H,9-10,12-13H2,1H3,(H,21,23). The summed E-state index contributed by atoms with van der Waals surface area (Å²) in [4.78, 5) is 16.2. The zero-order valence-corrected chi connectivity index (χ0v) is 16.5. The van der Waals surface area contributed by atoms with E-state index in [1.54, 1.807) is 12.3 Å². The Hall–Kier alpha value is -1.97. The molecule has 0 aliphatic heterocycles. The Bertz CT molecular complexity index is 848. The Morgan fingerprint density at radius 2 is 1.96 bits per heavy atom. The molecule has 0 fully saturated rings. The van der Waals surface area contributed by atoms with Crippen LogP contribution in [0.4, 0.5) is 4.39 Å². The van der Waals surface area contributed by atoms with Gasteiger partial charge in [0.15, 0.2) is 0 Å². The number of nitrogens with zero attached hydrogens (tertiary/aromatic N) is 1. The SMILES string of the molecule is CSCCC(NS(=O)(=O)c1ccccc1F)C(=O)NCCc1ccccn1. The van der Waals surface area contributed by atoms with Gasteiger partial charge in [-0.05, 0) is 42.7 Å². The van der Waals surface area contributed by atoms with Crippen LogP contribution in [-0.4, -0.2) is 43.9 Å². The van der Waals surface area contributed by atoms with Crippen LogP contribution in [0.2, 0.25) is 0 Å². The van der Waals surface area contributed by atoms with E-state index in [1.165, 1.54) is 30.0 Å². The number of nitrogens with one attached hydrogen (secondary N) is 2. The minimum absolute atomic E-state index is 0.296. The molecule has 2 N–H and O–H groups in total. The van der Waals surface area contributed by atoms with E-state index >= 15 is 0 Å². The van der Waals surface area contributed by atoms with Crippen LogP contribution in [0.1, 0.15) is 12.1 Å². The van der Waals surface area contributed by atoms with Crippen molar-refractivity contribution in [2.45, 2.75) is 23.8 Å². The summed E-state index contributed by atoms with van der Waals surface area (Å²) >= 11 is 1.49. The lowest BCUT2D eigenvalue weighted by molar-refractivity contribution is -0.122. The largest absolute Gasteiger partial charge is 0.354 e. The lowest BCUT2D eigenvalue weighted by Crippen LogP contribution is -2.47. The molecular weight excluding hydrogens is 389 g/mol. The molecule has 27 heavy (non-hydrogen) atoms. The summed E-state index contributed by atoms with van der Waals surface area (Å²) in [6, 6.07) is 9.60. The van der Waals surface area contributed by atoms with Gasteiger partial charge in [-0.25, -0.2) is 12.8 Å². The molecular formula is C18H22FN3O3S2. The maximum absolute atomic E-state index is 13.8. The molecule has 0 saturated heterocycles. The average Bonchev–Trinajstić information content (AvgIpc) is 2.66. The third-order valence-electron chi connectivity index (χ3n) is 3.76. The van der Waals surface area contributed by atoms with Crippen molar-refractivity contribution < 1.29 is 17.6 Å². The topological polar surface area (TPSA) is 88.2 Å². The van der Waals surface area contributed by atoms with Crippen LogP contribution < -0.4 is 10.0 Å². The van der Waals surface area contributed by atoms with Crippen molar-refractivity contribution >= 4 is 27.7 Å². The van der Waals surface area contributed by atoms with Crippen LogP contribution in [0.3, 0.4) is 0 Å². The smallest absolute Gasteiger partial charge is 0.244 e. The quantitative estimate of drug-likeness (QED) is 0.624. The predicted octanol–water partition coefficient (Wildman–Crippen LogP) is 1.98. The van der Waals surface area contributed by atoms with Crippen LogP contribution in [0.25, 0.3) is 0 Å². The Labute approximate surface area is 163 Å². The summed E-state index contributed by atoms with van der Waals surface area (Å²) in [5, 5.41) is 2.72. The summed E-state index contributed by atoms with van der Waals surface area (Å²) in [6.07, 6.45) is 4.36. The molecule has 0 spiro atoms. The molecule has 0 aliphatic rings. The number of benzene rings is 1. The maximum atomic E-state index is 13.8. The van der Waals surface area contributed by atoms with E-state index < -0.39 is 32.7 Å². The number of pyridine rings is 1. The summed E-state index contributed by atoms with van der Waals surface area (Å²) < 4.78 is 41.1. The van der Waals surface area contributed by atoms with Crippen molar-refractivity contribution in [3.63, 3.8) is 0 Å². The van der Waals surface area contributed by atoms with Crippen molar-refractivity contribution in [1.29, 1.82) is 0 Å². The highest BCUT2D eigenvalue weighted by atomic mass is 32.2. The van der Waals surface area contributed by atoms with Gasteiger partial charge in [-0.1, -0.05) is 18.2 Å². The predicted molar refractivity (Wildman–Crippen MR) is 104 cm³/mol. The van der Waals surface area contributed by atoms with Crippen molar-refractivity contribution in [3.05, 3.63) is 60.2 Å². The summed E-state index contributed by atoms with van der Waals surface area (Å²) in [5.41, 5.74) is 0.824. The van der Waals surface area contributed by atoms with Gasteiger partial charge in [0.1, 0.15) is 16.8 Å². The lowest BCUT2D eigenvalue weighted by Gasteiger charge is -2.18. The minimum atomic E-state index is -4.15. The number of sulfonamides is 1. The second-order valence-electron chi connectivity index (χ2n) is 5.75. The van der Waals surface area contributed by atoms with E-state index in [0.717, 1.165) is 11.8 Å². The van der Waals surface area contributed by atoms with Crippen molar-refractivity contribution in [1.82, 2.24) is 15.0 Å². The van der Waals surface area contributed by atoms with Gasteiger partial charge in [-0.15, -0.1) is 0 Å². The van der Waals surface area contributed by atoms with Gasteiger partial charge >= 0.3 is 0 Å². The highest BCUT2D eigenvalue weighted by molar-refractivity contribution is 7.98. The minimum Gasteiger partial charge on any atom is -0.354 e. The van der Waals surface area contributed by atoms with Crippen LogP contribution in [-0.2, 0) is 21.2 Å². The fraction of sp³-hybridized carbons (Fsp3) is 0.333. The van der Waals surface area contributed by atoms with E-state index in [-0.39, 0.29) is 0 Å². The van der Waals surface area contributed by atoms with Gasteiger partial charge < -0.3 is 5.32 Å². The molecule has 0 radical (unpaired) electrons. The fourth-order valence-corrected chi connectivity index (χ4v) is 4.16. The monoisotopic (exact) mass is 411 g/mol. The number of carbonyl (C=O) groups excluding carboxylic acids is 1. The number of rotatable bonds is 10. The third-order valence-corrected chi connectivity index (χ3v) is 5.91. The van der Waals surface area contributed by atoms with E-state index in [1.807, 2.05) is 18.4 Å². The van der Waals surface area contributed by atoms with E-state index in [0.29, 0.717) is 25.1 Å². The van der Waals surface area contributed by atoms with Gasteiger partial charge in [0.2, 0.25) is 15.9 Å². The van der Waals surface area contributed by atoms with Gasteiger partial charge in [0, 0.05) is 24.9 Å². The molecule has 146 valence electrons. The number of hydrogen-bond donors (Lipinski definition) is 2. The molecule has 1 atom stereocenters. The number of hydrogen-bond acceptors (Lipinski definition) is 5. The number of thioether (sulfide) groups is 1. The van der Waals surface area contributed by atoms with Crippen LogP contribution in [0.15, 0.2) is 53.6 Å². The second kappa shape index (κ2) is 10.4. The fourth-order valence-electron chi connectivity index (χ4n) is 2.38. The highest BCUT2D eigenvalue weighted by Gasteiger charge is 2.27. The first-order valence-electron chi connectivity index (χ1n) is 8.37. The normalized spacial score (nSPS) is 12.5. The van der Waals surface area contributed by atoms with E-state index in [4.69, 9.17) is 0 Å². The van der Waals surface area contributed by atoms with Crippen molar-refractivity contribution in [3.8, 4) is 0 Å². The van der Waals surface area contributed by atoms with Crippen molar-refractivity contribution in [2.24, 2.45) is 0 Å². The summed E-state index contributed by atoms with van der Waals surface area (Å²) in [7, 11) is -4.15. The number of carbonyl (C=O) groups is 1. The van der Waals surface area contributed by atoms with E-state index in [9.17, 15) is 17.6 Å². The van der Waals surface area contributed by atoms with Crippen molar-refractivity contribution in [2.75, 3.05) is 18.6 Å². The van der Waals surface area contributed by atoms with Gasteiger partial charge in [-0.3, -0.25) is 9.78 Å².